The molecule has 0 radical (unpaired) electrons. The van der Waals surface area contributed by atoms with E-state index in [4.69, 9.17) is 0 Å². The first-order chi connectivity index (χ1) is 8.06. The minimum Gasteiger partial charge on any atom is -0.390 e. The summed E-state index contributed by atoms with van der Waals surface area (Å²) in [6.45, 7) is 2.59. The molecule has 1 aromatic rings. The molecule has 0 aliphatic heterocycles. The Morgan fingerprint density at radius 2 is 2.24 bits per heavy atom. The lowest BCUT2D eigenvalue weighted by Crippen LogP contribution is -2.25. The van der Waals surface area contributed by atoms with Gasteiger partial charge >= 0.3 is 0 Å². The average Bonchev–Trinajstić information content (AvgIpc) is 2.96. The maximum Gasteiger partial charge on any atom is 0.242 e. The smallest absolute Gasteiger partial charge is 0.242 e. The molecule has 2 rings (SSSR count). The normalized spacial score (nSPS) is 16.4. The summed E-state index contributed by atoms with van der Waals surface area (Å²) in [5, 5.41) is 9.18. The SMILES string of the molecule is CCCn1cc(S(=O)(=O)NC2CC2)cc1CO. The molecule has 5 nitrogen and oxygen atoms in total. The number of hydrogen-bond acceptors (Lipinski definition) is 3. The van der Waals surface area contributed by atoms with Gasteiger partial charge in [-0.3, -0.25) is 0 Å². The van der Waals surface area contributed by atoms with Crippen LogP contribution in [0, 0.1) is 0 Å². The van der Waals surface area contributed by atoms with E-state index in [1.54, 1.807) is 16.8 Å². The molecular weight excluding hydrogens is 240 g/mol. The van der Waals surface area contributed by atoms with Crippen molar-refractivity contribution in [3.8, 4) is 0 Å². The zero-order valence-corrected chi connectivity index (χ0v) is 10.7. The van der Waals surface area contributed by atoms with E-state index in [1.807, 2.05) is 6.92 Å². The number of hydrogen-bond donors (Lipinski definition) is 2. The molecule has 0 atom stereocenters. The van der Waals surface area contributed by atoms with Crippen LogP contribution in [0.1, 0.15) is 31.9 Å². The molecule has 0 bridgehead atoms. The van der Waals surface area contributed by atoms with Crippen LogP contribution in [0.25, 0.3) is 0 Å². The van der Waals surface area contributed by atoms with Gasteiger partial charge < -0.3 is 9.67 Å². The lowest BCUT2D eigenvalue weighted by molar-refractivity contribution is 0.270. The first kappa shape index (κ1) is 12.6. The van der Waals surface area contributed by atoms with Crippen molar-refractivity contribution in [3.05, 3.63) is 18.0 Å². The molecule has 0 unspecified atom stereocenters. The number of aliphatic hydroxyl groups excluding tert-OH is 1. The fourth-order valence-electron chi connectivity index (χ4n) is 1.74. The molecule has 6 heteroatoms. The number of aliphatic hydroxyl groups is 1. The fourth-order valence-corrected chi connectivity index (χ4v) is 3.11. The Hall–Kier alpha value is -0.850. The molecule has 0 amide bonds. The zero-order chi connectivity index (χ0) is 12.5. The van der Waals surface area contributed by atoms with Crippen LogP contribution in [0.15, 0.2) is 17.2 Å². The molecule has 1 aliphatic carbocycles. The fraction of sp³-hybridized carbons (Fsp3) is 0.636. The molecule has 0 aromatic carbocycles. The second-order valence-corrected chi connectivity index (χ2v) is 6.13. The van der Waals surface area contributed by atoms with Crippen LogP contribution < -0.4 is 4.72 Å². The van der Waals surface area contributed by atoms with E-state index in [0.29, 0.717) is 5.69 Å². The van der Waals surface area contributed by atoms with E-state index in [2.05, 4.69) is 4.72 Å². The Bertz CT molecular complexity index is 489. The first-order valence-corrected chi connectivity index (χ1v) is 7.37. The summed E-state index contributed by atoms with van der Waals surface area (Å²) in [6.07, 6.45) is 4.33. The van der Waals surface area contributed by atoms with Crippen molar-refractivity contribution in [2.75, 3.05) is 0 Å². The minimum atomic E-state index is -3.41. The molecule has 96 valence electrons. The van der Waals surface area contributed by atoms with Crippen LogP contribution >= 0.6 is 0 Å². The quantitative estimate of drug-likeness (QED) is 0.794. The van der Waals surface area contributed by atoms with Crippen molar-refractivity contribution in [2.45, 2.75) is 50.3 Å². The third kappa shape index (κ3) is 2.88. The Morgan fingerprint density at radius 3 is 2.76 bits per heavy atom. The van der Waals surface area contributed by atoms with E-state index in [1.165, 1.54) is 0 Å². The van der Waals surface area contributed by atoms with E-state index < -0.39 is 10.0 Å². The second-order valence-electron chi connectivity index (χ2n) is 4.41. The molecule has 1 aliphatic rings. The van der Waals surface area contributed by atoms with Gasteiger partial charge in [0.1, 0.15) is 0 Å². The molecule has 17 heavy (non-hydrogen) atoms. The zero-order valence-electron chi connectivity index (χ0n) is 9.89. The van der Waals surface area contributed by atoms with Crippen LogP contribution in [0.5, 0.6) is 0 Å². The van der Waals surface area contributed by atoms with Crippen molar-refractivity contribution in [1.29, 1.82) is 0 Å². The highest BCUT2D eigenvalue weighted by molar-refractivity contribution is 7.89. The third-order valence-electron chi connectivity index (χ3n) is 2.80. The summed E-state index contributed by atoms with van der Waals surface area (Å²) in [6, 6.07) is 1.65. The van der Waals surface area contributed by atoms with Crippen LogP contribution in [0.4, 0.5) is 0 Å². The Labute approximate surface area is 102 Å². The van der Waals surface area contributed by atoms with Crippen molar-refractivity contribution in [1.82, 2.24) is 9.29 Å². The summed E-state index contributed by atoms with van der Waals surface area (Å²) in [5.41, 5.74) is 0.642. The second kappa shape index (κ2) is 4.80. The topological polar surface area (TPSA) is 71.3 Å². The Morgan fingerprint density at radius 1 is 1.53 bits per heavy atom. The molecule has 1 saturated carbocycles. The summed E-state index contributed by atoms with van der Waals surface area (Å²) < 4.78 is 28.3. The van der Waals surface area contributed by atoms with Gasteiger partial charge in [-0.1, -0.05) is 6.92 Å². The van der Waals surface area contributed by atoms with Crippen LogP contribution in [0.2, 0.25) is 0 Å². The molecule has 2 N–H and O–H groups in total. The molecule has 1 aromatic heterocycles. The van der Waals surface area contributed by atoms with Gasteiger partial charge in [-0.25, -0.2) is 13.1 Å². The summed E-state index contributed by atoms with van der Waals surface area (Å²) in [5.74, 6) is 0. The number of sulfonamides is 1. The lowest BCUT2D eigenvalue weighted by atomic mass is 10.4. The van der Waals surface area contributed by atoms with Crippen LogP contribution in [0.3, 0.4) is 0 Å². The number of nitrogens with zero attached hydrogens (tertiary/aromatic N) is 1. The van der Waals surface area contributed by atoms with Gasteiger partial charge in [-0.05, 0) is 25.3 Å². The van der Waals surface area contributed by atoms with Crippen molar-refractivity contribution >= 4 is 10.0 Å². The van der Waals surface area contributed by atoms with E-state index in [0.717, 1.165) is 25.8 Å². The largest absolute Gasteiger partial charge is 0.390 e. The van der Waals surface area contributed by atoms with Gasteiger partial charge in [0, 0.05) is 24.5 Å². The molecule has 1 fully saturated rings. The maximum absolute atomic E-state index is 12.0. The highest BCUT2D eigenvalue weighted by Crippen LogP contribution is 2.23. The van der Waals surface area contributed by atoms with Gasteiger partial charge in [-0.15, -0.1) is 0 Å². The molecule has 0 spiro atoms. The van der Waals surface area contributed by atoms with Gasteiger partial charge in [-0.2, -0.15) is 0 Å². The predicted molar refractivity (Wildman–Crippen MR) is 64.0 cm³/mol. The number of rotatable bonds is 6. The highest BCUT2D eigenvalue weighted by atomic mass is 32.2. The van der Waals surface area contributed by atoms with Crippen LogP contribution in [-0.4, -0.2) is 24.1 Å². The number of nitrogens with one attached hydrogen (secondary N) is 1. The monoisotopic (exact) mass is 258 g/mol. The summed E-state index contributed by atoms with van der Waals surface area (Å²) >= 11 is 0. The van der Waals surface area contributed by atoms with E-state index in [-0.39, 0.29) is 17.5 Å². The molecule has 0 saturated heterocycles. The van der Waals surface area contributed by atoms with Gasteiger partial charge in [0.2, 0.25) is 10.0 Å². The van der Waals surface area contributed by atoms with Crippen molar-refractivity contribution < 1.29 is 13.5 Å². The standard InChI is InChI=1S/C11H18N2O3S/c1-2-5-13-7-11(6-10(13)8-14)17(15,16)12-9-3-4-9/h6-7,9,12,14H,2-5,8H2,1H3. The maximum atomic E-state index is 12.0. The lowest BCUT2D eigenvalue weighted by Gasteiger charge is -2.04. The van der Waals surface area contributed by atoms with Crippen LogP contribution in [-0.2, 0) is 23.2 Å². The average molecular weight is 258 g/mol. The summed E-state index contributed by atoms with van der Waals surface area (Å²) in [4.78, 5) is 0.252. The minimum absolute atomic E-state index is 0.104. The van der Waals surface area contributed by atoms with Gasteiger partial charge in [0.15, 0.2) is 0 Å². The van der Waals surface area contributed by atoms with E-state index in [9.17, 15) is 13.5 Å². The van der Waals surface area contributed by atoms with Crippen molar-refractivity contribution in [2.24, 2.45) is 0 Å². The molecular formula is C11H18N2O3S. The Kier molecular flexibility index (Phi) is 3.56. The number of aromatic nitrogens is 1. The summed E-state index contributed by atoms with van der Waals surface area (Å²) in [7, 11) is -3.41. The van der Waals surface area contributed by atoms with Gasteiger partial charge in [0.05, 0.1) is 11.5 Å². The predicted octanol–water partition coefficient (Wildman–Crippen LogP) is 0.831. The highest BCUT2D eigenvalue weighted by Gasteiger charge is 2.28. The Balaban J connectivity index is 2.25. The first-order valence-electron chi connectivity index (χ1n) is 5.89. The van der Waals surface area contributed by atoms with Crippen molar-refractivity contribution in [3.63, 3.8) is 0 Å². The third-order valence-corrected chi connectivity index (χ3v) is 4.28. The van der Waals surface area contributed by atoms with Gasteiger partial charge in [0.25, 0.3) is 0 Å². The number of aryl methyl sites for hydroxylation is 1. The van der Waals surface area contributed by atoms with E-state index >= 15 is 0 Å². The molecule has 1 heterocycles.